The first kappa shape index (κ1) is 22.3. The number of hydrogen-bond donors (Lipinski definition) is 2. The van der Waals surface area contributed by atoms with E-state index in [0.29, 0.717) is 0 Å². The number of rotatable bonds is 3. The van der Waals surface area contributed by atoms with Crippen molar-refractivity contribution in [3.8, 4) is 11.5 Å². The van der Waals surface area contributed by atoms with Gasteiger partial charge in [0.2, 0.25) is 0 Å². The quantitative estimate of drug-likeness (QED) is 0.442. The Labute approximate surface area is 198 Å². The molecular formula is C22H10Cl2F4N2O4. The van der Waals surface area contributed by atoms with E-state index in [-0.39, 0.29) is 38.0 Å². The van der Waals surface area contributed by atoms with Crippen LogP contribution in [0.1, 0.15) is 37.9 Å². The second-order valence-electron chi connectivity index (χ2n) is 7.39. The van der Waals surface area contributed by atoms with Gasteiger partial charge in [-0.05, 0) is 36.4 Å². The monoisotopic (exact) mass is 512 g/mol. The van der Waals surface area contributed by atoms with Crippen LogP contribution in [0.2, 0.25) is 10.0 Å². The Hall–Kier alpha value is -3.50. The highest BCUT2D eigenvalue weighted by atomic mass is 35.5. The highest BCUT2D eigenvalue weighted by Crippen LogP contribution is 2.52. The van der Waals surface area contributed by atoms with E-state index in [9.17, 15) is 27.2 Å². The van der Waals surface area contributed by atoms with Crippen LogP contribution < -0.4 is 20.1 Å². The molecule has 2 amide bonds. The summed E-state index contributed by atoms with van der Waals surface area (Å²) in [6, 6.07) is 6.38. The SMILES string of the molecule is O=C(Nc1cc2c(c3c1[C@@H](c1cc(F)ccc1Cl)NC3=O)OC(F)(F)O2)c1cc(F)cc(Cl)c1. The van der Waals surface area contributed by atoms with Gasteiger partial charge in [0.1, 0.15) is 11.6 Å². The second-order valence-corrected chi connectivity index (χ2v) is 8.24. The lowest BCUT2D eigenvalue weighted by Gasteiger charge is -2.18. The van der Waals surface area contributed by atoms with Gasteiger partial charge >= 0.3 is 6.29 Å². The average molecular weight is 513 g/mol. The van der Waals surface area contributed by atoms with Crippen LogP contribution in [0, 0.1) is 11.6 Å². The predicted octanol–water partition coefficient (Wildman–Crippen LogP) is 5.68. The van der Waals surface area contributed by atoms with Crippen molar-refractivity contribution in [1.82, 2.24) is 5.32 Å². The fourth-order valence-electron chi connectivity index (χ4n) is 3.85. The van der Waals surface area contributed by atoms with Crippen molar-refractivity contribution in [2.75, 3.05) is 5.32 Å². The molecule has 12 heteroatoms. The molecule has 0 aliphatic carbocycles. The largest absolute Gasteiger partial charge is 0.586 e. The fraction of sp³-hybridized carbons (Fsp3) is 0.0909. The predicted molar refractivity (Wildman–Crippen MR) is 113 cm³/mol. The van der Waals surface area contributed by atoms with Crippen molar-refractivity contribution in [2.45, 2.75) is 12.3 Å². The normalized spacial score (nSPS) is 17.4. The molecule has 6 nitrogen and oxygen atoms in total. The van der Waals surface area contributed by atoms with Gasteiger partial charge in [-0.1, -0.05) is 23.2 Å². The molecule has 0 saturated carbocycles. The molecule has 0 saturated heterocycles. The van der Waals surface area contributed by atoms with Crippen molar-refractivity contribution in [3.63, 3.8) is 0 Å². The molecule has 0 bridgehead atoms. The lowest BCUT2D eigenvalue weighted by Crippen LogP contribution is -2.26. The highest BCUT2D eigenvalue weighted by Gasteiger charge is 2.49. The fourth-order valence-corrected chi connectivity index (χ4v) is 4.30. The van der Waals surface area contributed by atoms with Crippen molar-refractivity contribution in [2.24, 2.45) is 0 Å². The van der Waals surface area contributed by atoms with E-state index in [1.54, 1.807) is 0 Å². The first-order valence-electron chi connectivity index (χ1n) is 9.52. The number of halogens is 6. The van der Waals surface area contributed by atoms with Gasteiger partial charge in [-0.2, -0.15) is 0 Å². The molecule has 0 fully saturated rings. The summed E-state index contributed by atoms with van der Waals surface area (Å²) in [7, 11) is 0. The van der Waals surface area contributed by atoms with Crippen molar-refractivity contribution in [3.05, 3.63) is 86.4 Å². The van der Waals surface area contributed by atoms with Gasteiger partial charge < -0.3 is 20.1 Å². The van der Waals surface area contributed by atoms with Crippen molar-refractivity contribution in [1.29, 1.82) is 0 Å². The molecule has 34 heavy (non-hydrogen) atoms. The Morgan fingerprint density at radius 2 is 1.79 bits per heavy atom. The minimum absolute atomic E-state index is 0.0200. The van der Waals surface area contributed by atoms with Gasteiger partial charge in [0.15, 0.2) is 11.5 Å². The van der Waals surface area contributed by atoms with Crippen LogP contribution in [0.15, 0.2) is 42.5 Å². The zero-order valence-electron chi connectivity index (χ0n) is 16.5. The van der Waals surface area contributed by atoms with E-state index >= 15 is 0 Å². The van der Waals surface area contributed by atoms with Crippen LogP contribution in [0.25, 0.3) is 0 Å². The highest BCUT2D eigenvalue weighted by molar-refractivity contribution is 6.31. The summed E-state index contributed by atoms with van der Waals surface area (Å²) in [4.78, 5) is 25.6. The molecule has 1 atom stereocenters. The van der Waals surface area contributed by atoms with Crippen LogP contribution in [-0.4, -0.2) is 18.1 Å². The zero-order valence-corrected chi connectivity index (χ0v) is 18.0. The molecule has 0 aromatic heterocycles. The molecule has 174 valence electrons. The van der Waals surface area contributed by atoms with E-state index in [1.165, 1.54) is 12.1 Å². The van der Waals surface area contributed by atoms with Gasteiger partial charge in [-0.3, -0.25) is 9.59 Å². The Morgan fingerprint density at radius 1 is 1.03 bits per heavy atom. The van der Waals surface area contributed by atoms with Gasteiger partial charge in [-0.15, -0.1) is 8.78 Å². The molecule has 0 unspecified atom stereocenters. The van der Waals surface area contributed by atoms with E-state index in [1.807, 2.05) is 0 Å². The van der Waals surface area contributed by atoms with Gasteiger partial charge in [0.25, 0.3) is 11.8 Å². The summed E-state index contributed by atoms with van der Waals surface area (Å²) in [5.41, 5.74) is -0.604. The average Bonchev–Trinajstić information content (AvgIpc) is 3.24. The Bertz CT molecular complexity index is 1380. The molecule has 3 aromatic rings. The summed E-state index contributed by atoms with van der Waals surface area (Å²) < 4.78 is 64.3. The summed E-state index contributed by atoms with van der Waals surface area (Å²) in [5.74, 6) is -4.24. The number of carbonyl (C=O) groups is 2. The second kappa shape index (κ2) is 7.78. The number of carbonyl (C=O) groups excluding carboxylic acids is 2. The summed E-state index contributed by atoms with van der Waals surface area (Å²) >= 11 is 12.0. The Kier molecular flexibility index (Phi) is 5.10. The van der Waals surface area contributed by atoms with Crippen LogP contribution in [-0.2, 0) is 0 Å². The zero-order chi connectivity index (χ0) is 24.4. The third kappa shape index (κ3) is 3.78. The number of alkyl halides is 2. The lowest BCUT2D eigenvalue weighted by atomic mass is 9.95. The van der Waals surface area contributed by atoms with E-state index in [0.717, 1.165) is 30.3 Å². The minimum Gasteiger partial charge on any atom is -0.395 e. The molecule has 2 heterocycles. The lowest BCUT2D eigenvalue weighted by molar-refractivity contribution is -0.286. The molecule has 5 rings (SSSR count). The van der Waals surface area contributed by atoms with Crippen LogP contribution in [0.3, 0.4) is 0 Å². The number of ether oxygens (including phenoxy) is 2. The van der Waals surface area contributed by atoms with Crippen molar-refractivity contribution >= 4 is 40.7 Å². The third-order valence-electron chi connectivity index (χ3n) is 5.17. The summed E-state index contributed by atoms with van der Waals surface area (Å²) in [5, 5.41) is 4.99. The topological polar surface area (TPSA) is 76.7 Å². The van der Waals surface area contributed by atoms with Gasteiger partial charge in [-0.25, -0.2) is 8.78 Å². The Balaban J connectivity index is 1.67. The smallest absolute Gasteiger partial charge is 0.395 e. The first-order valence-corrected chi connectivity index (χ1v) is 10.3. The van der Waals surface area contributed by atoms with E-state index in [2.05, 4.69) is 20.1 Å². The summed E-state index contributed by atoms with van der Waals surface area (Å²) in [6.45, 7) is 0. The van der Waals surface area contributed by atoms with Crippen LogP contribution in [0.4, 0.5) is 23.2 Å². The molecule has 3 aromatic carbocycles. The maximum Gasteiger partial charge on any atom is 0.586 e. The molecule has 2 N–H and O–H groups in total. The van der Waals surface area contributed by atoms with Crippen LogP contribution >= 0.6 is 23.2 Å². The molecule has 2 aliphatic heterocycles. The third-order valence-corrected chi connectivity index (χ3v) is 5.73. The maximum absolute atomic E-state index is 14.0. The minimum atomic E-state index is -4.07. The maximum atomic E-state index is 14.0. The van der Waals surface area contributed by atoms with E-state index < -0.39 is 47.3 Å². The molecule has 2 aliphatic rings. The van der Waals surface area contributed by atoms with Crippen molar-refractivity contribution < 1.29 is 36.6 Å². The molecule has 0 spiro atoms. The van der Waals surface area contributed by atoms with Gasteiger partial charge in [0, 0.05) is 32.8 Å². The number of benzene rings is 3. The number of amides is 2. The van der Waals surface area contributed by atoms with Crippen LogP contribution in [0.5, 0.6) is 11.5 Å². The molecule has 0 radical (unpaired) electrons. The Morgan fingerprint density at radius 3 is 2.53 bits per heavy atom. The number of fused-ring (bicyclic) bond motifs is 3. The first-order chi connectivity index (χ1) is 16.0. The number of hydrogen-bond acceptors (Lipinski definition) is 4. The molecular weight excluding hydrogens is 503 g/mol. The van der Waals surface area contributed by atoms with Gasteiger partial charge in [0.05, 0.1) is 17.3 Å². The standard InChI is InChI=1S/C22H10Cl2F4N2O4/c23-9-3-8(4-11(26)5-9)20(31)29-14-7-15-19(34-22(27,28)33-15)17-16(14)18(30-21(17)32)12-6-10(25)1-2-13(12)24/h1-7,18H,(H,29,31)(H,30,32)/t18-/m1/s1. The van der Waals surface area contributed by atoms with E-state index in [4.69, 9.17) is 23.2 Å². The number of nitrogens with one attached hydrogen (secondary N) is 2. The summed E-state index contributed by atoms with van der Waals surface area (Å²) in [6.07, 6.45) is -4.07. The number of anilines is 1.